The van der Waals surface area contributed by atoms with Gasteiger partial charge < -0.3 is 20.3 Å². The van der Waals surface area contributed by atoms with Crippen LogP contribution in [0.15, 0.2) is 36.5 Å². The lowest BCUT2D eigenvalue weighted by molar-refractivity contribution is -0.143. The summed E-state index contributed by atoms with van der Waals surface area (Å²) in [7, 11) is 0. The molecule has 0 aromatic carbocycles. The van der Waals surface area contributed by atoms with Gasteiger partial charge in [-0.2, -0.15) is 0 Å². The fraction of sp³-hybridized carbons (Fsp3) is 0.902. The highest BCUT2D eigenvalue weighted by atomic mass is 16.5. The number of rotatable bonds is 76. The lowest BCUT2D eigenvalue weighted by Crippen LogP contribution is -2.45. The van der Waals surface area contributed by atoms with E-state index >= 15 is 0 Å². The van der Waals surface area contributed by atoms with Crippen LogP contribution in [0.2, 0.25) is 0 Å². The second kappa shape index (κ2) is 77.5. The van der Waals surface area contributed by atoms with Crippen LogP contribution in [0, 0.1) is 0 Å². The predicted octanol–water partition coefficient (Wildman–Crippen LogP) is 26.6. The molecular formula is C82H157NO5. The zero-order chi connectivity index (χ0) is 63.5. The zero-order valence-electron chi connectivity index (χ0n) is 59.7. The summed E-state index contributed by atoms with van der Waals surface area (Å²) in [5.41, 5.74) is 0. The Balaban J connectivity index is 3.38. The molecule has 1 amide bonds. The molecule has 0 bridgehead atoms. The quantitative estimate of drug-likeness (QED) is 0.0320. The molecule has 0 radical (unpaired) electrons. The van der Waals surface area contributed by atoms with Crippen LogP contribution in [0.3, 0.4) is 0 Å². The van der Waals surface area contributed by atoms with Crippen molar-refractivity contribution in [2.75, 3.05) is 13.2 Å². The number of carbonyl (C=O) groups excluding carboxylic acids is 2. The van der Waals surface area contributed by atoms with E-state index in [1.807, 2.05) is 0 Å². The first kappa shape index (κ1) is 86.1. The molecule has 0 aliphatic rings. The summed E-state index contributed by atoms with van der Waals surface area (Å²) in [6.07, 6.45) is 101. The van der Waals surface area contributed by atoms with Gasteiger partial charge in [0.15, 0.2) is 0 Å². The van der Waals surface area contributed by atoms with Gasteiger partial charge in [0.25, 0.3) is 0 Å². The van der Waals surface area contributed by atoms with E-state index in [0.29, 0.717) is 25.9 Å². The van der Waals surface area contributed by atoms with Gasteiger partial charge in [-0.3, -0.25) is 9.59 Å². The molecule has 0 aromatic heterocycles. The summed E-state index contributed by atoms with van der Waals surface area (Å²) in [4.78, 5) is 24.7. The number of allylic oxidation sites excluding steroid dienone is 6. The van der Waals surface area contributed by atoms with Crippen LogP contribution in [0.1, 0.15) is 450 Å². The van der Waals surface area contributed by atoms with Gasteiger partial charge in [-0.05, 0) is 83.5 Å². The van der Waals surface area contributed by atoms with Gasteiger partial charge in [0.2, 0.25) is 5.91 Å². The smallest absolute Gasteiger partial charge is 0.305 e. The van der Waals surface area contributed by atoms with E-state index in [0.717, 1.165) is 51.4 Å². The highest BCUT2D eigenvalue weighted by molar-refractivity contribution is 5.76. The molecule has 0 rings (SSSR count). The van der Waals surface area contributed by atoms with Gasteiger partial charge in [-0.15, -0.1) is 0 Å². The number of hydrogen-bond acceptors (Lipinski definition) is 5. The summed E-state index contributed by atoms with van der Waals surface area (Å²) in [5, 5.41) is 23.5. The zero-order valence-corrected chi connectivity index (χ0v) is 59.7. The molecule has 88 heavy (non-hydrogen) atoms. The molecule has 0 spiro atoms. The number of aliphatic hydroxyl groups is 2. The van der Waals surface area contributed by atoms with Crippen LogP contribution in [0.5, 0.6) is 0 Å². The van der Waals surface area contributed by atoms with Crippen LogP contribution in [0.25, 0.3) is 0 Å². The number of hydrogen-bond donors (Lipinski definition) is 3. The van der Waals surface area contributed by atoms with Crippen molar-refractivity contribution in [3.63, 3.8) is 0 Å². The molecule has 0 aliphatic heterocycles. The van der Waals surface area contributed by atoms with Crippen LogP contribution in [-0.4, -0.2) is 47.4 Å². The Morgan fingerprint density at radius 3 is 0.875 bits per heavy atom. The number of carbonyl (C=O) groups is 2. The van der Waals surface area contributed by atoms with Gasteiger partial charge in [-0.1, -0.05) is 391 Å². The van der Waals surface area contributed by atoms with Crippen LogP contribution < -0.4 is 5.32 Å². The lowest BCUT2D eigenvalue weighted by atomic mass is 10.0. The Labute approximate surface area is 551 Å². The van der Waals surface area contributed by atoms with E-state index in [-0.39, 0.29) is 18.5 Å². The van der Waals surface area contributed by atoms with Gasteiger partial charge in [0.1, 0.15) is 0 Å². The Kier molecular flexibility index (Phi) is 75.8. The minimum atomic E-state index is -0.665. The molecule has 6 heteroatoms. The molecule has 0 heterocycles. The fourth-order valence-electron chi connectivity index (χ4n) is 12.8. The lowest BCUT2D eigenvalue weighted by Gasteiger charge is -2.22. The molecule has 0 fully saturated rings. The third-order valence-corrected chi connectivity index (χ3v) is 18.9. The highest BCUT2D eigenvalue weighted by Gasteiger charge is 2.20. The first-order chi connectivity index (χ1) is 43.5. The minimum Gasteiger partial charge on any atom is -0.466 e. The van der Waals surface area contributed by atoms with E-state index in [9.17, 15) is 19.8 Å². The van der Waals surface area contributed by atoms with Crippen molar-refractivity contribution in [2.24, 2.45) is 0 Å². The minimum absolute atomic E-state index is 0.0137. The van der Waals surface area contributed by atoms with Gasteiger partial charge >= 0.3 is 5.97 Å². The maximum Gasteiger partial charge on any atom is 0.305 e. The van der Waals surface area contributed by atoms with Crippen LogP contribution >= 0.6 is 0 Å². The number of aliphatic hydroxyl groups excluding tert-OH is 2. The number of unbranched alkanes of at least 4 members (excludes halogenated alkanes) is 59. The fourth-order valence-corrected chi connectivity index (χ4v) is 12.8. The Hall–Kier alpha value is -1.92. The monoisotopic (exact) mass is 1240 g/mol. The molecule has 0 aromatic rings. The summed E-state index contributed by atoms with van der Waals surface area (Å²) >= 11 is 0. The maximum absolute atomic E-state index is 12.6. The molecule has 520 valence electrons. The molecule has 0 saturated carbocycles. The molecule has 3 N–H and O–H groups in total. The molecule has 2 atom stereocenters. The second-order valence-electron chi connectivity index (χ2n) is 27.7. The number of esters is 1. The summed E-state index contributed by atoms with van der Waals surface area (Å²) in [6.45, 7) is 4.99. The molecule has 2 unspecified atom stereocenters. The molecular weight excluding hydrogens is 1080 g/mol. The summed E-state index contributed by atoms with van der Waals surface area (Å²) < 4.78 is 5.51. The highest BCUT2D eigenvalue weighted by Crippen LogP contribution is 2.20. The van der Waals surface area contributed by atoms with Crippen molar-refractivity contribution in [3.05, 3.63) is 36.5 Å². The Morgan fingerprint density at radius 1 is 0.318 bits per heavy atom. The first-order valence-corrected chi connectivity index (χ1v) is 40.2. The van der Waals surface area contributed by atoms with E-state index < -0.39 is 12.1 Å². The van der Waals surface area contributed by atoms with Crippen molar-refractivity contribution in [1.29, 1.82) is 0 Å². The van der Waals surface area contributed by atoms with Crippen molar-refractivity contribution in [3.8, 4) is 0 Å². The normalized spacial score (nSPS) is 12.6. The second-order valence-corrected chi connectivity index (χ2v) is 27.7. The largest absolute Gasteiger partial charge is 0.466 e. The number of nitrogens with one attached hydrogen (secondary N) is 1. The number of amides is 1. The van der Waals surface area contributed by atoms with Gasteiger partial charge in [-0.25, -0.2) is 0 Å². The van der Waals surface area contributed by atoms with Gasteiger partial charge in [0.05, 0.1) is 25.4 Å². The Morgan fingerprint density at radius 2 is 0.568 bits per heavy atom. The third-order valence-electron chi connectivity index (χ3n) is 18.9. The third kappa shape index (κ3) is 73.1. The van der Waals surface area contributed by atoms with Gasteiger partial charge in [0, 0.05) is 12.8 Å². The average Bonchev–Trinajstić information content (AvgIpc) is 3.57. The SMILES string of the molecule is CCCCCCCC/C=C\CCCCCCCCCCCC(=O)OCCCCCCCCCCC/C=C\C/C=C\CCCCCCCCCCCCCCCCCC(=O)NC(CO)C(O)CCCCCCCCCCCCCCCCCCCCCCC. The topological polar surface area (TPSA) is 95.9 Å². The molecule has 0 saturated heterocycles. The van der Waals surface area contributed by atoms with Crippen LogP contribution in [0.4, 0.5) is 0 Å². The van der Waals surface area contributed by atoms with E-state index in [1.54, 1.807) is 0 Å². The van der Waals surface area contributed by atoms with Crippen LogP contribution in [-0.2, 0) is 14.3 Å². The standard InChI is InChI=1S/C82H157NO5/c1-3-5-7-9-11-13-15-17-19-21-23-35-39-42-46-50-54-58-62-66-70-74-80(85)79(78-84)83-81(86)75-71-67-63-59-55-51-47-43-40-36-33-31-29-27-25-24-26-28-30-32-34-37-41-45-49-53-57-61-65-69-73-77-88-82(87)76-72-68-64-60-56-52-48-44-38-22-20-18-16-14-12-10-8-6-4-2/h18,20,26,28,32,34,79-80,84-85H,3-17,19,21-25,27,29-31,33,35-78H2,1-2H3,(H,83,86)/b20-18-,28-26-,34-32-. The maximum atomic E-state index is 12.6. The molecule has 6 nitrogen and oxygen atoms in total. The van der Waals surface area contributed by atoms with Crippen molar-refractivity contribution >= 4 is 11.9 Å². The van der Waals surface area contributed by atoms with Crippen molar-refractivity contribution < 1.29 is 24.5 Å². The Bertz CT molecular complexity index is 1430. The van der Waals surface area contributed by atoms with E-state index in [1.165, 1.54) is 366 Å². The number of ether oxygens (including phenoxy) is 1. The van der Waals surface area contributed by atoms with E-state index in [4.69, 9.17) is 4.74 Å². The van der Waals surface area contributed by atoms with Crippen molar-refractivity contribution in [1.82, 2.24) is 5.32 Å². The molecule has 0 aliphatic carbocycles. The van der Waals surface area contributed by atoms with E-state index in [2.05, 4.69) is 55.6 Å². The summed E-state index contributed by atoms with van der Waals surface area (Å²) in [5.74, 6) is -0.0158. The predicted molar refractivity (Wildman–Crippen MR) is 389 cm³/mol. The van der Waals surface area contributed by atoms with Crippen molar-refractivity contribution in [2.45, 2.75) is 463 Å². The average molecular weight is 1240 g/mol. The summed E-state index contributed by atoms with van der Waals surface area (Å²) in [6, 6.07) is -0.543. The first-order valence-electron chi connectivity index (χ1n) is 40.2.